The lowest BCUT2D eigenvalue weighted by atomic mass is 10.1. The maximum Gasteiger partial charge on any atom is 0.297 e. The zero-order valence-corrected chi connectivity index (χ0v) is 21.7. The number of carbonyl (C=O) groups excluding carboxylic acids is 2. The summed E-state index contributed by atoms with van der Waals surface area (Å²) in [7, 11) is -9.65. The smallest absolute Gasteiger partial charge is 0.282 e. The van der Waals surface area contributed by atoms with Gasteiger partial charge in [-0.15, -0.1) is 0 Å². The molecule has 0 spiro atoms. The van der Waals surface area contributed by atoms with E-state index in [2.05, 4.69) is 0 Å². The summed E-state index contributed by atoms with van der Waals surface area (Å²) < 4.78 is 68.6. The minimum absolute atomic E-state index is 0.0317. The summed E-state index contributed by atoms with van der Waals surface area (Å²) in [5.41, 5.74) is -0.348. The Morgan fingerprint density at radius 2 is 1.03 bits per heavy atom. The first-order chi connectivity index (χ1) is 18.5. The van der Waals surface area contributed by atoms with E-state index >= 15 is 0 Å². The molecule has 0 bridgehead atoms. The standard InChI is InChI=1S/C28H21NO8S2/c30-27(22-11-3-1-4-12-22)29(28(31)23-13-5-2-6-14-23)24-16-9-15-21(26(24)39(35,36)37)19-18-20-10-7-8-17-25(20)38(32,33)34/h1-19H,(H,32,33,34)(H,35,36,37). The van der Waals surface area contributed by atoms with Gasteiger partial charge in [-0.1, -0.05) is 78.9 Å². The number of rotatable bonds is 7. The highest BCUT2D eigenvalue weighted by Gasteiger charge is 2.32. The molecule has 0 atom stereocenters. The molecule has 0 aliphatic heterocycles. The van der Waals surface area contributed by atoms with Crippen molar-refractivity contribution in [2.24, 2.45) is 0 Å². The van der Waals surface area contributed by atoms with Gasteiger partial charge < -0.3 is 0 Å². The Kier molecular flexibility index (Phi) is 7.88. The van der Waals surface area contributed by atoms with Gasteiger partial charge >= 0.3 is 0 Å². The van der Waals surface area contributed by atoms with Crippen molar-refractivity contribution < 1.29 is 35.5 Å². The van der Waals surface area contributed by atoms with Crippen LogP contribution in [0.2, 0.25) is 0 Å². The Bertz CT molecular complexity index is 1730. The van der Waals surface area contributed by atoms with Crippen LogP contribution >= 0.6 is 0 Å². The predicted molar refractivity (Wildman–Crippen MR) is 145 cm³/mol. The molecular formula is C28H21NO8S2. The summed E-state index contributed by atoms with van der Waals surface area (Å²) in [6, 6.07) is 24.8. The van der Waals surface area contributed by atoms with Crippen LogP contribution in [0.5, 0.6) is 0 Å². The van der Waals surface area contributed by atoms with Gasteiger partial charge in [-0.3, -0.25) is 18.7 Å². The molecule has 4 rings (SSSR count). The largest absolute Gasteiger partial charge is 0.297 e. The monoisotopic (exact) mass is 563 g/mol. The summed E-state index contributed by atoms with van der Waals surface area (Å²) >= 11 is 0. The van der Waals surface area contributed by atoms with E-state index in [1.54, 1.807) is 36.4 Å². The third kappa shape index (κ3) is 6.19. The lowest BCUT2D eigenvalue weighted by molar-refractivity contribution is 0.0897. The second-order valence-corrected chi connectivity index (χ2v) is 10.9. The van der Waals surface area contributed by atoms with Crippen molar-refractivity contribution in [2.45, 2.75) is 9.79 Å². The summed E-state index contributed by atoms with van der Waals surface area (Å²) in [6.45, 7) is 0. The van der Waals surface area contributed by atoms with E-state index in [4.69, 9.17) is 0 Å². The molecule has 0 fully saturated rings. The lowest BCUT2D eigenvalue weighted by Crippen LogP contribution is -2.38. The fraction of sp³-hybridized carbons (Fsp3) is 0. The van der Waals surface area contributed by atoms with Gasteiger partial charge in [-0.05, 0) is 47.5 Å². The molecule has 0 saturated heterocycles. The van der Waals surface area contributed by atoms with Crippen LogP contribution in [0, 0.1) is 0 Å². The van der Waals surface area contributed by atoms with E-state index in [1.807, 2.05) is 0 Å². The van der Waals surface area contributed by atoms with Gasteiger partial charge in [0, 0.05) is 11.1 Å². The summed E-state index contributed by atoms with van der Waals surface area (Å²) in [6.07, 6.45) is 2.41. The van der Waals surface area contributed by atoms with E-state index in [-0.39, 0.29) is 22.3 Å². The highest BCUT2D eigenvalue weighted by Crippen LogP contribution is 2.33. The third-order valence-corrected chi connectivity index (χ3v) is 7.50. The predicted octanol–water partition coefficient (Wildman–Crippen LogP) is 4.84. The maximum absolute atomic E-state index is 13.6. The first kappa shape index (κ1) is 27.6. The molecule has 0 radical (unpaired) electrons. The molecule has 0 heterocycles. The lowest BCUT2D eigenvalue weighted by Gasteiger charge is -2.24. The first-order valence-electron chi connectivity index (χ1n) is 11.3. The number of carbonyl (C=O) groups is 2. The van der Waals surface area contributed by atoms with E-state index < -0.39 is 47.5 Å². The SMILES string of the molecule is O=C(c1ccccc1)N(C(=O)c1ccccc1)c1cccc(C=Cc2ccccc2S(=O)(=O)O)c1S(=O)(=O)O. The summed E-state index contributed by atoms with van der Waals surface area (Å²) in [5, 5.41) is 0. The molecule has 0 aliphatic carbocycles. The molecule has 0 saturated carbocycles. The van der Waals surface area contributed by atoms with E-state index in [0.29, 0.717) is 4.90 Å². The normalized spacial score (nSPS) is 11.8. The van der Waals surface area contributed by atoms with Crippen LogP contribution in [0.25, 0.3) is 12.2 Å². The summed E-state index contributed by atoms with van der Waals surface area (Å²) in [5.74, 6) is -1.68. The molecule has 4 aromatic carbocycles. The highest BCUT2D eigenvalue weighted by molar-refractivity contribution is 7.86. The second-order valence-electron chi connectivity index (χ2n) is 8.19. The van der Waals surface area contributed by atoms with Crippen LogP contribution in [0.15, 0.2) is 113 Å². The number of hydrogen-bond acceptors (Lipinski definition) is 6. The molecule has 11 heteroatoms. The quantitative estimate of drug-likeness (QED) is 0.185. The van der Waals surface area contributed by atoms with Crippen molar-refractivity contribution in [3.05, 3.63) is 125 Å². The first-order valence-corrected chi connectivity index (χ1v) is 14.2. The Hall–Kier alpha value is -4.42. The average Bonchev–Trinajstić information content (AvgIpc) is 2.92. The number of imide groups is 1. The molecule has 2 amide bonds. The molecule has 2 N–H and O–H groups in total. The minimum Gasteiger partial charge on any atom is -0.282 e. The molecule has 0 aliphatic rings. The molecule has 4 aromatic rings. The van der Waals surface area contributed by atoms with Gasteiger partial charge in [-0.25, -0.2) is 4.90 Å². The Labute approximate surface area is 225 Å². The fourth-order valence-electron chi connectivity index (χ4n) is 3.89. The fourth-order valence-corrected chi connectivity index (χ4v) is 5.44. The van der Waals surface area contributed by atoms with Crippen LogP contribution in [-0.2, 0) is 20.2 Å². The van der Waals surface area contributed by atoms with Gasteiger partial charge in [0.15, 0.2) is 0 Å². The molecule has 0 aromatic heterocycles. The van der Waals surface area contributed by atoms with Crippen LogP contribution in [-0.4, -0.2) is 37.8 Å². The van der Waals surface area contributed by atoms with Crippen molar-refractivity contribution in [2.75, 3.05) is 4.90 Å². The molecule has 198 valence electrons. The van der Waals surface area contributed by atoms with Crippen molar-refractivity contribution in [3.8, 4) is 0 Å². The molecule has 39 heavy (non-hydrogen) atoms. The zero-order chi connectivity index (χ0) is 28.2. The van der Waals surface area contributed by atoms with E-state index in [9.17, 15) is 35.5 Å². The molecular weight excluding hydrogens is 542 g/mol. The maximum atomic E-state index is 13.6. The Balaban J connectivity index is 1.94. The van der Waals surface area contributed by atoms with Crippen molar-refractivity contribution in [1.82, 2.24) is 0 Å². The molecule has 9 nitrogen and oxygen atoms in total. The van der Waals surface area contributed by atoms with E-state index in [0.717, 1.165) is 6.07 Å². The van der Waals surface area contributed by atoms with Gasteiger partial charge in [-0.2, -0.15) is 16.8 Å². The zero-order valence-electron chi connectivity index (χ0n) is 20.1. The summed E-state index contributed by atoms with van der Waals surface area (Å²) in [4.78, 5) is 26.7. The number of benzene rings is 4. The van der Waals surface area contributed by atoms with Gasteiger partial charge in [0.1, 0.15) is 9.79 Å². The van der Waals surface area contributed by atoms with Gasteiger partial charge in [0.25, 0.3) is 32.1 Å². The highest BCUT2D eigenvalue weighted by atomic mass is 32.2. The number of amides is 2. The van der Waals surface area contributed by atoms with E-state index in [1.165, 1.54) is 72.8 Å². The van der Waals surface area contributed by atoms with Gasteiger partial charge in [0.05, 0.1) is 5.69 Å². The van der Waals surface area contributed by atoms with Crippen molar-refractivity contribution in [1.29, 1.82) is 0 Å². The van der Waals surface area contributed by atoms with Crippen molar-refractivity contribution in [3.63, 3.8) is 0 Å². The Morgan fingerprint density at radius 3 is 1.54 bits per heavy atom. The van der Waals surface area contributed by atoms with Crippen LogP contribution in [0.1, 0.15) is 31.8 Å². The molecule has 0 unspecified atom stereocenters. The third-order valence-electron chi connectivity index (χ3n) is 5.61. The average molecular weight is 564 g/mol. The second kappa shape index (κ2) is 11.1. The topological polar surface area (TPSA) is 146 Å². The van der Waals surface area contributed by atoms with Crippen LogP contribution in [0.4, 0.5) is 5.69 Å². The van der Waals surface area contributed by atoms with Crippen molar-refractivity contribution >= 4 is 49.9 Å². The minimum atomic E-state index is -5.05. The van der Waals surface area contributed by atoms with Crippen LogP contribution < -0.4 is 4.90 Å². The number of nitrogens with zero attached hydrogens (tertiary/aromatic N) is 1. The number of hydrogen-bond donors (Lipinski definition) is 2. The Morgan fingerprint density at radius 1 is 0.564 bits per heavy atom. The van der Waals surface area contributed by atoms with Crippen LogP contribution in [0.3, 0.4) is 0 Å². The van der Waals surface area contributed by atoms with Gasteiger partial charge in [0.2, 0.25) is 0 Å². The number of anilines is 1.